The average Bonchev–Trinajstić information content (AvgIpc) is 2.68. The van der Waals surface area contributed by atoms with Crippen molar-refractivity contribution in [2.75, 3.05) is 0 Å². The molecule has 3 aromatic rings. The Morgan fingerprint density at radius 1 is 1.03 bits per heavy atom. The fourth-order valence-electron chi connectivity index (χ4n) is 2.38. The van der Waals surface area contributed by atoms with E-state index in [4.69, 9.17) is 26.3 Å². The first-order valence-corrected chi connectivity index (χ1v) is 8.71. The van der Waals surface area contributed by atoms with Gasteiger partial charge in [-0.15, -0.1) is 5.69 Å². The summed E-state index contributed by atoms with van der Waals surface area (Å²) in [7, 11) is 0. The van der Waals surface area contributed by atoms with Gasteiger partial charge in [-0.25, -0.2) is 9.18 Å². The number of carbonyl (C=O) groups is 1. The Labute approximate surface area is 215 Å². The van der Waals surface area contributed by atoms with Crippen LogP contribution in [0.3, 0.4) is 0 Å². The minimum Gasteiger partial charge on any atom is -0.561 e. The van der Waals surface area contributed by atoms with Crippen molar-refractivity contribution in [1.82, 2.24) is 0 Å². The van der Waals surface area contributed by atoms with Gasteiger partial charge in [0, 0.05) is 11.1 Å². The summed E-state index contributed by atoms with van der Waals surface area (Å²) in [6.45, 7) is 0.326. The molecular formula is C21H16ClFKNO4. The molecule has 0 fully saturated rings. The van der Waals surface area contributed by atoms with E-state index < -0.39 is 5.97 Å². The molecule has 0 aliphatic rings. The average molecular weight is 440 g/mol. The van der Waals surface area contributed by atoms with Crippen LogP contribution in [-0.4, -0.2) is 11.1 Å². The summed E-state index contributed by atoms with van der Waals surface area (Å²) in [6, 6.07) is 17.3. The minimum absolute atomic E-state index is 0. The van der Waals surface area contributed by atoms with E-state index in [0.717, 1.165) is 11.1 Å². The molecule has 1 N–H and O–H groups in total. The molecule has 0 aliphatic heterocycles. The van der Waals surface area contributed by atoms with E-state index in [1.54, 1.807) is 42.5 Å². The van der Waals surface area contributed by atoms with Gasteiger partial charge in [-0.3, -0.25) is 0 Å². The fourth-order valence-corrected chi connectivity index (χ4v) is 2.55. The van der Waals surface area contributed by atoms with E-state index in [2.05, 4.69) is 5.48 Å². The van der Waals surface area contributed by atoms with E-state index in [9.17, 15) is 9.18 Å². The molecule has 0 radical (unpaired) electrons. The maximum atomic E-state index is 13.3. The fraction of sp³-hybridized carbons (Fsp3) is 0.0952. The summed E-state index contributed by atoms with van der Waals surface area (Å²) in [5.41, 5.74) is 6.28. The molecule has 0 bridgehead atoms. The van der Waals surface area contributed by atoms with Crippen molar-refractivity contribution in [3.63, 3.8) is 0 Å². The maximum absolute atomic E-state index is 13.3. The summed E-state index contributed by atoms with van der Waals surface area (Å²) in [5, 5.41) is 9.40. The summed E-state index contributed by atoms with van der Waals surface area (Å²) < 4.78 is 18.9. The topological polar surface area (TPSA) is 69.9 Å². The van der Waals surface area contributed by atoms with Crippen LogP contribution < -0.4 is 56.1 Å². The van der Waals surface area contributed by atoms with E-state index >= 15 is 0 Å². The molecule has 8 heteroatoms. The predicted molar refractivity (Wildman–Crippen MR) is 103 cm³/mol. The van der Waals surface area contributed by atoms with E-state index in [-0.39, 0.29) is 76.0 Å². The quantitative estimate of drug-likeness (QED) is 0.433. The van der Waals surface area contributed by atoms with Gasteiger partial charge in [-0.2, -0.15) is 0 Å². The Kier molecular flexibility index (Phi) is 9.58. The molecule has 0 aliphatic carbocycles. The zero-order chi connectivity index (χ0) is 19.9. The standard InChI is InChI=1S/C21H16ClFNO4.K/c22-17-9-8-16(13-27-19-3-1-2-18(23)11-19)20(10-17)24-28-12-14-4-6-15(7-5-14)21(25)26;/h1-11H,12-13H2,(H,25,26);/q-1;+1. The van der Waals surface area contributed by atoms with Gasteiger partial charge in [0.15, 0.2) is 0 Å². The summed E-state index contributed by atoms with van der Waals surface area (Å²) >= 11 is 6.04. The monoisotopic (exact) mass is 439 g/mol. The van der Waals surface area contributed by atoms with Gasteiger partial charge in [0.2, 0.25) is 0 Å². The van der Waals surface area contributed by atoms with Crippen molar-refractivity contribution < 1.29 is 75.3 Å². The summed E-state index contributed by atoms with van der Waals surface area (Å²) in [5.74, 6) is -0.963. The molecule has 5 nitrogen and oxygen atoms in total. The number of benzene rings is 3. The Morgan fingerprint density at radius 2 is 1.79 bits per heavy atom. The largest absolute Gasteiger partial charge is 1.00 e. The Balaban J connectivity index is 0.00000300. The van der Waals surface area contributed by atoms with Crippen LogP contribution in [0.5, 0.6) is 5.75 Å². The molecule has 0 amide bonds. The number of hydrogen-bond donors (Lipinski definition) is 1. The third-order valence-electron chi connectivity index (χ3n) is 3.83. The van der Waals surface area contributed by atoms with Crippen LogP contribution in [0.1, 0.15) is 21.5 Å². The van der Waals surface area contributed by atoms with Gasteiger partial charge in [-0.1, -0.05) is 41.9 Å². The van der Waals surface area contributed by atoms with Gasteiger partial charge >= 0.3 is 57.4 Å². The molecule has 0 aromatic heterocycles. The first kappa shape index (κ1) is 23.8. The Hall–Kier alpha value is -1.45. The van der Waals surface area contributed by atoms with Crippen molar-refractivity contribution in [3.05, 3.63) is 99.7 Å². The number of aromatic carboxylic acids is 1. The van der Waals surface area contributed by atoms with Crippen LogP contribution in [0.4, 0.5) is 10.1 Å². The number of nitrogens with zero attached hydrogens (tertiary/aromatic N) is 1. The van der Waals surface area contributed by atoms with Crippen molar-refractivity contribution in [1.29, 1.82) is 0 Å². The minimum atomic E-state index is -0.987. The van der Waals surface area contributed by atoms with Gasteiger partial charge in [0.05, 0.1) is 12.2 Å². The third-order valence-corrected chi connectivity index (χ3v) is 4.07. The second-order valence-electron chi connectivity index (χ2n) is 5.89. The molecule has 0 saturated heterocycles. The molecule has 0 unspecified atom stereocenters. The zero-order valence-electron chi connectivity index (χ0n) is 15.6. The van der Waals surface area contributed by atoms with Crippen LogP contribution in [-0.2, 0) is 18.1 Å². The second-order valence-corrected chi connectivity index (χ2v) is 6.32. The molecule has 0 heterocycles. The SMILES string of the molecule is O=C(O)c1ccc(CO[N-]c2cc(Cl)ccc2COc2cccc(F)c2)cc1.[K+]. The normalized spacial score (nSPS) is 10.1. The van der Waals surface area contributed by atoms with Gasteiger partial charge in [0.1, 0.15) is 18.2 Å². The molecule has 3 aromatic carbocycles. The van der Waals surface area contributed by atoms with Crippen molar-refractivity contribution in [2.45, 2.75) is 13.2 Å². The summed E-state index contributed by atoms with van der Waals surface area (Å²) in [4.78, 5) is 16.2. The predicted octanol–water partition coefficient (Wildman–Crippen LogP) is 2.90. The van der Waals surface area contributed by atoms with Crippen LogP contribution in [0.2, 0.25) is 5.02 Å². The molecule has 3 rings (SSSR count). The maximum Gasteiger partial charge on any atom is 1.00 e. The number of rotatable bonds is 8. The Morgan fingerprint density at radius 3 is 2.48 bits per heavy atom. The van der Waals surface area contributed by atoms with Gasteiger partial charge < -0.3 is 20.2 Å². The summed E-state index contributed by atoms with van der Waals surface area (Å²) in [6.07, 6.45) is 0. The smallest absolute Gasteiger partial charge is 0.561 e. The van der Waals surface area contributed by atoms with E-state index in [0.29, 0.717) is 16.5 Å². The number of ether oxygens (including phenoxy) is 1. The van der Waals surface area contributed by atoms with Crippen molar-refractivity contribution in [2.24, 2.45) is 0 Å². The molecule has 0 atom stereocenters. The Bertz CT molecular complexity index is 969. The molecule has 0 saturated carbocycles. The van der Waals surface area contributed by atoms with Crippen LogP contribution in [0.15, 0.2) is 66.7 Å². The first-order chi connectivity index (χ1) is 13.5. The molecule has 0 spiro atoms. The van der Waals surface area contributed by atoms with Crippen molar-refractivity contribution >= 4 is 23.3 Å². The number of carboxylic acid groups (broad SMARTS) is 1. The van der Waals surface area contributed by atoms with Crippen LogP contribution in [0.25, 0.3) is 5.48 Å². The molecular weight excluding hydrogens is 424 g/mol. The van der Waals surface area contributed by atoms with Crippen LogP contribution >= 0.6 is 11.6 Å². The second kappa shape index (κ2) is 11.7. The van der Waals surface area contributed by atoms with E-state index in [1.807, 2.05) is 0 Å². The third kappa shape index (κ3) is 7.38. The number of halogens is 2. The van der Waals surface area contributed by atoms with Crippen molar-refractivity contribution in [3.8, 4) is 5.75 Å². The molecule has 144 valence electrons. The van der Waals surface area contributed by atoms with Crippen LogP contribution in [0, 0.1) is 5.82 Å². The zero-order valence-corrected chi connectivity index (χ0v) is 19.5. The van der Waals surface area contributed by atoms with E-state index in [1.165, 1.54) is 24.3 Å². The first-order valence-electron chi connectivity index (χ1n) is 8.33. The number of hydrogen-bond acceptors (Lipinski definition) is 3. The van der Waals surface area contributed by atoms with Gasteiger partial charge in [0.25, 0.3) is 0 Å². The molecule has 29 heavy (non-hydrogen) atoms. The number of carboxylic acids is 1. The van der Waals surface area contributed by atoms with Gasteiger partial charge in [-0.05, 0) is 41.5 Å².